The fraction of sp³-hybridized carbons (Fsp3) is 0.182. The van der Waals surface area contributed by atoms with Crippen LogP contribution in [0.5, 0.6) is 0 Å². The van der Waals surface area contributed by atoms with Gasteiger partial charge in [-0.15, -0.1) is 0 Å². The summed E-state index contributed by atoms with van der Waals surface area (Å²) in [7, 11) is 0. The second-order valence-corrected chi connectivity index (χ2v) is 6.71. The monoisotopic (exact) mass is 305 g/mol. The van der Waals surface area contributed by atoms with Crippen LogP contribution in [-0.2, 0) is 5.41 Å². The molecule has 0 aliphatic carbocycles. The molecule has 0 fully saturated rings. The maximum absolute atomic E-state index is 8.39. The van der Waals surface area contributed by atoms with Crippen LogP contribution in [-0.4, -0.2) is 0 Å². The van der Waals surface area contributed by atoms with E-state index in [4.69, 9.17) is 11.3 Å². The van der Waals surface area contributed by atoms with E-state index in [2.05, 4.69) is 0 Å². The summed E-state index contributed by atoms with van der Waals surface area (Å²) < 4.78 is 46.9. The van der Waals surface area contributed by atoms with Gasteiger partial charge in [-0.25, -0.2) is 0 Å². The number of furan rings is 1. The van der Waals surface area contributed by atoms with E-state index in [9.17, 15) is 0 Å². The molecule has 4 aromatic rings. The van der Waals surface area contributed by atoms with Gasteiger partial charge in [0.05, 0.1) is 6.85 Å². The van der Waals surface area contributed by atoms with Crippen molar-refractivity contribution in [3.63, 3.8) is 0 Å². The highest BCUT2D eigenvalue weighted by Crippen LogP contribution is 2.41. The van der Waals surface area contributed by atoms with Crippen molar-refractivity contribution in [3.05, 3.63) is 72.2 Å². The molecule has 1 heterocycles. The van der Waals surface area contributed by atoms with Crippen LogP contribution in [0, 0.1) is 0 Å². The highest BCUT2D eigenvalue weighted by Gasteiger charge is 2.25. The first-order valence-corrected chi connectivity index (χ1v) is 7.65. The predicted molar refractivity (Wildman–Crippen MR) is 97.9 cm³/mol. The van der Waals surface area contributed by atoms with Crippen molar-refractivity contribution < 1.29 is 11.3 Å². The Morgan fingerprint density at radius 3 is 2.35 bits per heavy atom. The average Bonchev–Trinajstić information content (AvgIpc) is 3.02. The van der Waals surface area contributed by atoms with Gasteiger partial charge >= 0.3 is 0 Å². The Labute approximate surface area is 143 Å². The maximum Gasteiger partial charge on any atom is 0.139 e. The van der Waals surface area contributed by atoms with Crippen molar-refractivity contribution in [1.29, 1.82) is 0 Å². The summed E-state index contributed by atoms with van der Waals surface area (Å²) in [6, 6.07) is 10.1. The Bertz CT molecular complexity index is 1220. The van der Waals surface area contributed by atoms with E-state index in [1.54, 1.807) is 0 Å². The van der Waals surface area contributed by atoms with Crippen molar-refractivity contribution in [1.82, 2.24) is 0 Å². The lowest BCUT2D eigenvalue weighted by atomic mass is 9.80. The molecule has 0 bridgehead atoms. The van der Waals surface area contributed by atoms with Crippen LogP contribution in [0.15, 0.2) is 71.0 Å². The van der Waals surface area contributed by atoms with Crippen molar-refractivity contribution in [2.75, 3.05) is 0 Å². The Hall–Kier alpha value is -2.54. The van der Waals surface area contributed by atoms with Crippen LogP contribution >= 0.6 is 0 Å². The number of hydrogen-bond donors (Lipinski definition) is 0. The third kappa shape index (κ3) is 2.24. The third-order valence-electron chi connectivity index (χ3n) is 4.07. The predicted octanol–water partition coefficient (Wildman–Crippen LogP) is 6.55. The Balaban J connectivity index is 2.19. The van der Waals surface area contributed by atoms with Gasteiger partial charge in [0.25, 0.3) is 0 Å². The first kappa shape index (κ1) is 9.57. The molecule has 0 aliphatic heterocycles. The van der Waals surface area contributed by atoms with Gasteiger partial charge < -0.3 is 4.42 Å². The quantitative estimate of drug-likeness (QED) is 0.388. The number of hydrogen-bond acceptors (Lipinski definition) is 1. The maximum atomic E-state index is 8.39. The molecule has 4 rings (SSSR count). The largest absolute Gasteiger partial charge is 0.456 e. The van der Waals surface area contributed by atoms with Crippen LogP contribution < -0.4 is 0 Å². The summed E-state index contributed by atoms with van der Waals surface area (Å²) >= 11 is 0. The first-order chi connectivity index (χ1) is 13.1. The fourth-order valence-electron chi connectivity index (χ4n) is 3.13. The average molecular weight is 305 g/mol. The van der Waals surface area contributed by atoms with Gasteiger partial charge in [-0.1, -0.05) is 75.2 Å². The van der Waals surface area contributed by atoms with E-state index < -0.39 is 0 Å². The van der Waals surface area contributed by atoms with Crippen molar-refractivity contribution in [3.8, 4) is 11.1 Å². The molecular formula is C22H20O. The molecule has 3 aromatic carbocycles. The van der Waals surface area contributed by atoms with Crippen LogP contribution in [0.25, 0.3) is 33.1 Å². The van der Waals surface area contributed by atoms with Crippen LogP contribution in [0.2, 0.25) is 0 Å². The number of fused-ring (bicyclic) bond motifs is 3. The summed E-state index contributed by atoms with van der Waals surface area (Å²) in [5.41, 5.74) is 2.74. The number of para-hydroxylation sites is 1. The zero-order valence-corrected chi connectivity index (χ0v) is 13.4. The number of rotatable bonds is 1. The Morgan fingerprint density at radius 2 is 1.61 bits per heavy atom. The molecule has 0 saturated heterocycles. The first-order valence-electron chi connectivity index (χ1n) is 10.1. The molecule has 1 heteroatoms. The fourth-order valence-corrected chi connectivity index (χ4v) is 3.13. The lowest BCUT2D eigenvalue weighted by molar-refractivity contribution is 0.574. The van der Waals surface area contributed by atoms with E-state index in [1.807, 2.05) is 57.2 Å². The molecular weight excluding hydrogens is 280 g/mol. The van der Waals surface area contributed by atoms with Crippen molar-refractivity contribution >= 4 is 21.9 Å². The van der Waals surface area contributed by atoms with E-state index >= 15 is 0 Å². The minimum Gasteiger partial charge on any atom is -0.456 e. The molecule has 0 spiro atoms. The SMILES string of the molecule is [2H]c1c([2H])c([2H])c(-c2ccc3c(oc4ccccc43)c2C(C)(C)C)c([2H])c1[2H]. The van der Waals surface area contributed by atoms with Gasteiger partial charge in [0.1, 0.15) is 11.2 Å². The zero-order valence-electron chi connectivity index (χ0n) is 18.4. The third-order valence-corrected chi connectivity index (χ3v) is 4.07. The summed E-state index contributed by atoms with van der Waals surface area (Å²) in [6.45, 7) is 6.11. The molecule has 0 saturated carbocycles. The van der Waals surface area contributed by atoms with Gasteiger partial charge in [-0.3, -0.25) is 0 Å². The summed E-state index contributed by atoms with van der Waals surface area (Å²) in [4.78, 5) is 0. The Morgan fingerprint density at radius 1 is 0.870 bits per heavy atom. The molecule has 0 N–H and O–H groups in total. The molecule has 0 atom stereocenters. The molecule has 1 nitrogen and oxygen atoms in total. The van der Waals surface area contributed by atoms with E-state index in [0.29, 0.717) is 11.1 Å². The lowest BCUT2D eigenvalue weighted by Crippen LogP contribution is -2.13. The van der Waals surface area contributed by atoms with Gasteiger partial charge in [-0.2, -0.15) is 0 Å². The molecule has 1 aromatic heterocycles. The standard InChI is InChI=1S/C22H20O/c1-22(2,3)20-16(15-9-5-4-6-10-15)13-14-18-17-11-7-8-12-19(17)23-21(18)20/h4-14H,1-3H3/i4D,5D,6D,9D,10D. The summed E-state index contributed by atoms with van der Waals surface area (Å²) in [6.07, 6.45) is 0. The molecule has 0 radical (unpaired) electrons. The minimum atomic E-state index is -0.388. The minimum absolute atomic E-state index is 0.202. The topological polar surface area (TPSA) is 13.1 Å². The molecule has 0 unspecified atom stereocenters. The lowest BCUT2D eigenvalue weighted by Gasteiger charge is -2.23. The molecule has 0 aliphatic rings. The van der Waals surface area contributed by atoms with E-state index in [-0.39, 0.29) is 41.2 Å². The molecule has 23 heavy (non-hydrogen) atoms. The van der Waals surface area contributed by atoms with Gasteiger partial charge in [0, 0.05) is 16.3 Å². The zero-order chi connectivity index (χ0) is 20.4. The van der Waals surface area contributed by atoms with Gasteiger partial charge in [0.15, 0.2) is 0 Å². The highest BCUT2D eigenvalue weighted by atomic mass is 16.3. The van der Waals surface area contributed by atoms with Gasteiger partial charge in [0.2, 0.25) is 0 Å². The Kier molecular flexibility index (Phi) is 2.07. The second kappa shape index (κ2) is 4.99. The van der Waals surface area contributed by atoms with Crippen LogP contribution in [0.1, 0.15) is 33.2 Å². The molecule has 114 valence electrons. The van der Waals surface area contributed by atoms with E-state index in [0.717, 1.165) is 21.9 Å². The van der Waals surface area contributed by atoms with Crippen LogP contribution in [0.3, 0.4) is 0 Å². The highest BCUT2D eigenvalue weighted by molar-refractivity contribution is 6.07. The van der Waals surface area contributed by atoms with Crippen molar-refractivity contribution in [2.24, 2.45) is 0 Å². The normalized spacial score (nSPS) is 15.2. The smallest absolute Gasteiger partial charge is 0.139 e. The molecule has 0 amide bonds. The summed E-state index contributed by atoms with van der Waals surface area (Å²) in [5.74, 6) is 0. The number of benzene rings is 3. The van der Waals surface area contributed by atoms with Crippen LogP contribution in [0.4, 0.5) is 0 Å². The summed E-state index contributed by atoms with van der Waals surface area (Å²) in [5, 5.41) is 1.95. The van der Waals surface area contributed by atoms with Gasteiger partial charge in [-0.05, 0) is 28.7 Å². The van der Waals surface area contributed by atoms with E-state index in [1.165, 1.54) is 0 Å². The second-order valence-electron chi connectivity index (χ2n) is 6.71. The van der Waals surface area contributed by atoms with Crippen molar-refractivity contribution in [2.45, 2.75) is 26.2 Å².